The summed E-state index contributed by atoms with van der Waals surface area (Å²) in [5, 5.41) is 9.44. The highest BCUT2D eigenvalue weighted by molar-refractivity contribution is 6.32. The Kier molecular flexibility index (Phi) is 4.20. The van der Waals surface area contributed by atoms with E-state index in [1.54, 1.807) is 42.5 Å². The van der Waals surface area contributed by atoms with Gasteiger partial charge in [0.2, 0.25) is 0 Å². The number of hydrogen-bond acceptors (Lipinski definition) is 3. The van der Waals surface area contributed by atoms with Gasteiger partial charge in [-0.15, -0.1) is 0 Å². The number of halogens is 1. The molecule has 0 radical (unpaired) electrons. The first-order valence-corrected chi connectivity index (χ1v) is 6.16. The van der Waals surface area contributed by atoms with Crippen molar-refractivity contribution >= 4 is 17.4 Å². The number of aliphatic hydroxyl groups excluding tert-OH is 1. The number of benzene rings is 2. The van der Waals surface area contributed by atoms with Crippen molar-refractivity contribution < 1.29 is 14.6 Å². The summed E-state index contributed by atoms with van der Waals surface area (Å²) in [4.78, 5) is 11.2. The molecule has 19 heavy (non-hydrogen) atoms. The van der Waals surface area contributed by atoms with E-state index < -0.39 is 0 Å². The molecule has 4 heteroatoms. The van der Waals surface area contributed by atoms with E-state index in [0.29, 0.717) is 22.1 Å². The molecule has 0 atom stereocenters. The average molecular weight is 277 g/mol. The molecule has 2 aromatic carbocycles. The fourth-order valence-corrected chi connectivity index (χ4v) is 1.86. The van der Waals surface area contributed by atoms with E-state index in [1.807, 2.05) is 0 Å². The highest BCUT2D eigenvalue weighted by Crippen LogP contribution is 2.30. The van der Waals surface area contributed by atoms with Crippen LogP contribution in [0.2, 0.25) is 5.02 Å². The van der Waals surface area contributed by atoms with E-state index in [2.05, 4.69) is 0 Å². The summed E-state index contributed by atoms with van der Waals surface area (Å²) in [6, 6.07) is 12.0. The van der Waals surface area contributed by atoms with E-state index >= 15 is 0 Å². The zero-order valence-electron chi connectivity index (χ0n) is 10.4. The maximum atomic E-state index is 11.2. The van der Waals surface area contributed by atoms with Crippen molar-refractivity contribution in [2.75, 3.05) is 0 Å². The average Bonchev–Trinajstić information content (AvgIpc) is 2.41. The third kappa shape index (κ3) is 3.34. The number of Topliss-reactive ketones (excluding diaryl/α,β-unsaturated/α-hetero) is 1. The Bertz CT molecular complexity index is 608. The zero-order chi connectivity index (χ0) is 13.8. The lowest BCUT2D eigenvalue weighted by molar-refractivity contribution is 0.101. The molecule has 0 amide bonds. The Balaban J connectivity index is 2.25. The molecule has 2 aromatic rings. The predicted octanol–water partition coefficient (Wildman–Crippen LogP) is 3.83. The summed E-state index contributed by atoms with van der Waals surface area (Å²) in [6.45, 7) is 1.44. The highest BCUT2D eigenvalue weighted by Gasteiger charge is 2.07. The van der Waals surface area contributed by atoms with E-state index in [-0.39, 0.29) is 12.4 Å². The zero-order valence-corrected chi connectivity index (χ0v) is 11.1. The second kappa shape index (κ2) is 5.87. The second-order valence-electron chi connectivity index (χ2n) is 4.11. The fourth-order valence-electron chi connectivity index (χ4n) is 1.64. The Morgan fingerprint density at radius 1 is 1.26 bits per heavy atom. The molecule has 0 unspecified atom stereocenters. The molecule has 0 saturated heterocycles. The van der Waals surface area contributed by atoms with Gasteiger partial charge in [-0.3, -0.25) is 4.79 Å². The first-order chi connectivity index (χ1) is 9.10. The van der Waals surface area contributed by atoms with E-state index in [0.717, 1.165) is 5.56 Å². The van der Waals surface area contributed by atoms with Crippen LogP contribution in [0, 0.1) is 0 Å². The summed E-state index contributed by atoms with van der Waals surface area (Å²) in [7, 11) is 0. The van der Waals surface area contributed by atoms with Crippen LogP contribution in [0.1, 0.15) is 22.8 Å². The van der Waals surface area contributed by atoms with Gasteiger partial charge in [0.1, 0.15) is 11.5 Å². The van der Waals surface area contributed by atoms with Gasteiger partial charge in [-0.05, 0) is 42.8 Å². The van der Waals surface area contributed by atoms with E-state index in [9.17, 15) is 4.79 Å². The van der Waals surface area contributed by atoms with Crippen molar-refractivity contribution in [3.8, 4) is 11.5 Å². The summed E-state index contributed by atoms with van der Waals surface area (Å²) in [5.41, 5.74) is 1.30. The van der Waals surface area contributed by atoms with Gasteiger partial charge in [-0.2, -0.15) is 0 Å². The van der Waals surface area contributed by atoms with Crippen LogP contribution in [-0.4, -0.2) is 10.9 Å². The number of carbonyl (C=O) groups is 1. The number of hydrogen-bond donors (Lipinski definition) is 1. The van der Waals surface area contributed by atoms with E-state index in [1.165, 1.54) is 6.92 Å². The summed E-state index contributed by atoms with van der Waals surface area (Å²) in [5.74, 6) is 1.02. The lowest BCUT2D eigenvalue weighted by atomic mass is 10.1. The lowest BCUT2D eigenvalue weighted by Gasteiger charge is -2.09. The van der Waals surface area contributed by atoms with Gasteiger partial charge in [-0.1, -0.05) is 23.7 Å². The standard InChI is InChI=1S/C15H13ClO3/c1-10(18)12-5-6-15(14(16)8-12)19-13-4-2-3-11(7-13)9-17/h2-8,17H,9H2,1H3. The van der Waals surface area contributed by atoms with Crippen molar-refractivity contribution in [3.63, 3.8) is 0 Å². The summed E-state index contributed by atoms with van der Waals surface area (Å²) >= 11 is 6.07. The van der Waals surface area contributed by atoms with Gasteiger partial charge in [0.05, 0.1) is 11.6 Å². The first kappa shape index (κ1) is 13.6. The quantitative estimate of drug-likeness (QED) is 0.864. The molecular formula is C15H13ClO3. The number of rotatable bonds is 4. The van der Waals surface area contributed by atoms with Crippen LogP contribution in [0.3, 0.4) is 0 Å². The van der Waals surface area contributed by atoms with Gasteiger partial charge in [0.15, 0.2) is 5.78 Å². The van der Waals surface area contributed by atoms with Crippen molar-refractivity contribution in [1.82, 2.24) is 0 Å². The number of carbonyl (C=O) groups excluding carboxylic acids is 1. The Hall–Kier alpha value is -1.84. The molecule has 0 spiro atoms. The van der Waals surface area contributed by atoms with Gasteiger partial charge in [-0.25, -0.2) is 0 Å². The van der Waals surface area contributed by atoms with Crippen molar-refractivity contribution in [3.05, 3.63) is 58.6 Å². The molecular weight excluding hydrogens is 264 g/mol. The molecule has 1 N–H and O–H groups in total. The van der Waals surface area contributed by atoms with Crippen molar-refractivity contribution in [2.24, 2.45) is 0 Å². The normalized spacial score (nSPS) is 10.3. The number of ketones is 1. The molecule has 0 aliphatic carbocycles. The number of aliphatic hydroxyl groups is 1. The Labute approximate surface area is 116 Å². The lowest BCUT2D eigenvalue weighted by Crippen LogP contribution is -1.93. The molecule has 2 rings (SSSR count). The minimum absolute atomic E-state index is 0.0456. The number of ether oxygens (including phenoxy) is 1. The Morgan fingerprint density at radius 2 is 2.05 bits per heavy atom. The molecule has 0 aliphatic heterocycles. The van der Waals surface area contributed by atoms with E-state index in [4.69, 9.17) is 21.4 Å². The summed E-state index contributed by atoms with van der Waals surface area (Å²) in [6.07, 6.45) is 0. The van der Waals surface area contributed by atoms with Gasteiger partial charge < -0.3 is 9.84 Å². The molecule has 3 nitrogen and oxygen atoms in total. The SMILES string of the molecule is CC(=O)c1ccc(Oc2cccc(CO)c2)c(Cl)c1. The van der Waals surface area contributed by atoms with Crippen LogP contribution in [0.15, 0.2) is 42.5 Å². The molecule has 0 aliphatic rings. The van der Waals surface area contributed by atoms with Gasteiger partial charge in [0.25, 0.3) is 0 Å². The Morgan fingerprint density at radius 3 is 2.68 bits per heavy atom. The second-order valence-corrected chi connectivity index (χ2v) is 4.52. The maximum absolute atomic E-state index is 11.2. The fraction of sp³-hybridized carbons (Fsp3) is 0.133. The smallest absolute Gasteiger partial charge is 0.159 e. The first-order valence-electron chi connectivity index (χ1n) is 5.78. The van der Waals surface area contributed by atoms with Crippen LogP contribution in [0.5, 0.6) is 11.5 Å². The predicted molar refractivity (Wildman–Crippen MR) is 73.9 cm³/mol. The maximum Gasteiger partial charge on any atom is 0.159 e. The third-order valence-electron chi connectivity index (χ3n) is 2.65. The topological polar surface area (TPSA) is 46.5 Å². The van der Waals surface area contributed by atoms with Gasteiger partial charge >= 0.3 is 0 Å². The van der Waals surface area contributed by atoms with Crippen LogP contribution in [0.25, 0.3) is 0 Å². The minimum Gasteiger partial charge on any atom is -0.456 e. The molecule has 0 fully saturated rings. The largest absolute Gasteiger partial charge is 0.456 e. The third-order valence-corrected chi connectivity index (χ3v) is 2.94. The minimum atomic E-state index is -0.0474. The monoisotopic (exact) mass is 276 g/mol. The molecule has 98 valence electrons. The van der Waals surface area contributed by atoms with Crippen LogP contribution >= 0.6 is 11.6 Å². The van der Waals surface area contributed by atoms with Crippen LogP contribution in [-0.2, 0) is 6.61 Å². The molecule has 0 bridgehead atoms. The summed E-state index contributed by atoms with van der Waals surface area (Å²) < 4.78 is 5.63. The van der Waals surface area contributed by atoms with Crippen LogP contribution < -0.4 is 4.74 Å². The molecule has 0 aromatic heterocycles. The van der Waals surface area contributed by atoms with Gasteiger partial charge in [0, 0.05) is 5.56 Å². The van der Waals surface area contributed by atoms with Crippen molar-refractivity contribution in [2.45, 2.75) is 13.5 Å². The van der Waals surface area contributed by atoms with Crippen LogP contribution in [0.4, 0.5) is 0 Å². The van der Waals surface area contributed by atoms with Crippen molar-refractivity contribution in [1.29, 1.82) is 0 Å². The molecule has 0 heterocycles. The highest BCUT2D eigenvalue weighted by atomic mass is 35.5. The molecule has 0 saturated carbocycles.